The first kappa shape index (κ1) is 28.5. The molecule has 32 heavy (non-hydrogen) atoms. The van der Waals surface area contributed by atoms with E-state index in [-0.39, 0.29) is 25.5 Å². The molecule has 2 unspecified atom stereocenters. The molecule has 0 fully saturated rings. The molecule has 0 bridgehead atoms. The SMILES string of the molecule is CC(O)CC(O)C(C)(C)C.Cc1[c-]c(-c2nc3cc(C)cc(C)c3cc2C)cc(C)c1.[Ir]. The van der Waals surface area contributed by atoms with Crippen molar-refractivity contribution in [2.45, 2.75) is 80.9 Å². The quantitative estimate of drug-likeness (QED) is 0.337. The van der Waals surface area contributed by atoms with E-state index in [9.17, 15) is 5.11 Å². The van der Waals surface area contributed by atoms with Gasteiger partial charge in [-0.2, -0.15) is 0 Å². The molecule has 1 radical (unpaired) electrons. The van der Waals surface area contributed by atoms with Crippen LogP contribution in [0.2, 0.25) is 0 Å². The van der Waals surface area contributed by atoms with Crippen molar-refractivity contribution < 1.29 is 30.3 Å². The number of rotatable bonds is 3. The third kappa shape index (κ3) is 7.78. The average Bonchev–Trinajstić information content (AvgIpc) is 2.60. The molecule has 2 atom stereocenters. The Kier molecular flexibility index (Phi) is 10.2. The van der Waals surface area contributed by atoms with Gasteiger partial charge in [0, 0.05) is 25.5 Å². The first-order chi connectivity index (χ1) is 14.3. The molecule has 0 saturated carbocycles. The molecular formula is C28H38IrNO2-. The minimum Gasteiger partial charge on any atom is -0.393 e. The van der Waals surface area contributed by atoms with Crippen LogP contribution in [0.5, 0.6) is 0 Å². The molecule has 1 heterocycles. The zero-order valence-corrected chi connectivity index (χ0v) is 23.3. The molecule has 0 aliphatic rings. The monoisotopic (exact) mass is 613 g/mol. The molecule has 1 aromatic heterocycles. The van der Waals surface area contributed by atoms with Gasteiger partial charge in [0.25, 0.3) is 0 Å². The molecule has 177 valence electrons. The summed E-state index contributed by atoms with van der Waals surface area (Å²) in [5, 5.41) is 19.6. The number of aryl methyl sites for hydroxylation is 5. The van der Waals surface area contributed by atoms with Gasteiger partial charge in [0.05, 0.1) is 17.7 Å². The van der Waals surface area contributed by atoms with E-state index in [4.69, 9.17) is 10.1 Å². The van der Waals surface area contributed by atoms with Crippen molar-refractivity contribution in [2.75, 3.05) is 0 Å². The summed E-state index contributed by atoms with van der Waals surface area (Å²) in [5.41, 5.74) is 9.25. The number of pyridine rings is 1. The Bertz CT molecular complexity index is 1030. The fraction of sp³-hybridized carbons (Fsp3) is 0.464. The van der Waals surface area contributed by atoms with Gasteiger partial charge in [0.15, 0.2) is 0 Å². The van der Waals surface area contributed by atoms with E-state index in [1.165, 1.54) is 27.6 Å². The second-order valence-corrected chi connectivity index (χ2v) is 10.0. The number of fused-ring (bicyclic) bond motifs is 1. The van der Waals surface area contributed by atoms with Crippen molar-refractivity contribution >= 4 is 10.9 Å². The summed E-state index contributed by atoms with van der Waals surface area (Å²) < 4.78 is 0. The van der Waals surface area contributed by atoms with Gasteiger partial charge in [-0.15, -0.1) is 34.9 Å². The standard InChI is InChI=1S/C20H20N.C8H18O2.Ir/c1-12-6-13(2)9-17(8-12)20-16(5)11-18-15(4)7-14(3)10-19(18)21-20;1-6(9)5-7(10)8(2,3)4;/h6-8,10-11H,1-5H3;6-7,9-10H,5H2,1-4H3;/q-1;;. The number of aliphatic hydroxyl groups excluding tert-OH is 2. The van der Waals surface area contributed by atoms with Crippen LogP contribution in [0.15, 0.2) is 30.3 Å². The largest absolute Gasteiger partial charge is 0.393 e. The third-order valence-corrected chi connectivity index (χ3v) is 5.44. The molecule has 3 nitrogen and oxygen atoms in total. The van der Waals surface area contributed by atoms with Crippen LogP contribution in [-0.4, -0.2) is 27.4 Å². The number of hydrogen-bond acceptors (Lipinski definition) is 3. The topological polar surface area (TPSA) is 53.4 Å². The molecule has 0 saturated heterocycles. The van der Waals surface area contributed by atoms with E-state index in [1.807, 2.05) is 20.8 Å². The van der Waals surface area contributed by atoms with Gasteiger partial charge in [0.2, 0.25) is 0 Å². The van der Waals surface area contributed by atoms with Crippen molar-refractivity contribution in [3.8, 4) is 11.3 Å². The van der Waals surface area contributed by atoms with Crippen LogP contribution >= 0.6 is 0 Å². The van der Waals surface area contributed by atoms with Gasteiger partial charge >= 0.3 is 0 Å². The summed E-state index contributed by atoms with van der Waals surface area (Å²) in [6.45, 7) is 18.2. The Balaban J connectivity index is 0.000000400. The Morgan fingerprint density at radius 3 is 1.97 bits per heavy atom. The maximum absolute atomic E-state index is 9.40. The summed E-state index contributed by atoms with van der Waals surface area (Å²) >= 11 is 0. The number of aromatic nitrogens is 1. The summed E-state index contributed by atoms with van der Waals surface area (Å²) in [4.78, 5) is 4.92. The Labute approximate surface area is 207 Å². The van der Waals surface area contributed by atoms with Crippen LogP contribution in [0.1, 0.15) is 61.9 Å². The predicted octanol–water partition coefficient (Wildman–Crippen LogP) is 6.41. The van der Waals surface area contributed by atoms with E-state index < -0.39 is 12.2 Å². The van der Waals surface area contributed by atoms with E-state index in [2.05, 4.69) is 71.0 Å². The van der Waals surface area contributed by atoms with Crippen LogP contribution in [0.3, 0.4) is 0 Å². The fourth-order valence-electron chi connectivity index (χ4n) is 3.70. The zero-order chi connectivity index (χ0) is 23.5. The molecule has 3 rings (SSSR count). The van der Waals surface area contributed by atoms with Crippen molar-refractivity contribution in [2.24, 2.45) is 5.41 Å². The van der Waals surface area contributed by atoms with E-state index >= 15 is 0 Å². The summed E-state index contributed by atoms with van der Waals surface area (Å²) in [6, 6.07) is 14.4. The molecule has 0 amide bonds. The maximum atomic E-state index is 9.40. The van der Waals surface area contributed by atoms with Gasteiger partial charge in [0.1, 0.15) is 0 Å². The molecule has 0 aliphatic heterocycles. The second-order valence-electron chi connectivity index (χ2n) is 10.0. The van der Waals surface area contributed by atoms with Crippen molar-refractivity contribution in [3.63, 3.8) is 0 Å². The molecular weight excluding hydrogens is 575 g/mol. The molecule has 4 heteroatoms. The smallest absolute Gasteiger partial charge is 0.0613 e. The minimum atomic E-state index is -0.410. The number of hydrogen-bond donors (Lipinski definition) is 2. The maximum Gasteiger partial charge on any atom is 0.0613 e. The van der Waals surface area contributed by atoms with Gasteiger partial charge in [-0.1, -0.05) is 52.3 Å². The molecule has 0 spiro atoms. The van der Waals surface area contributed by atoms with E-state index in [1.54, 1.807) is 6.92 Å². The zero-order valence-electron chi connectivity index (χ0n) is 20.9. The molecule has 2 aromatic carbocycles. The van der Waals surface area contributed by atoms with Gasteiger partial charge in [-0.25, -0.2) is 0 Å². The van der Waals surface area contributed by atoms with E-state index in [0.717, 1.165) is 22.3 Å². The minimum absolute atomic E-state index is 0. The normalized spacial score (nSPS) is 13.1. The second kappa shape index (κ2) is 11.5. The van der Waals surface area contributed by atoms with Crippen molar-refractivity contribution in [1.29, 1.82) is 0 Å². The van der Waals surface area contributed by atoms with Crippen molar-refractivity contribution in [3.05, 3.63) is 64.2 Å². The van der Waals surface area contributed by atoms with Crippen LogP contribution in [-0.2, 0) is 20.1 Å². The van der Waals surface area contributed by atoms with Crippen LogP contribution in [0.25, 0.3) is 22.2 Å². The van der Waals surface area contributed by atoms with Gasteiger partial charge < -0.3 is 10.2 Å². The summed E-state index contributed by atoms with van der Waals surface area (Å²) in [7, 11) is 0. The van der Waals surface area contributed by atoms with Crippen LogP contribution in [0.4, 0.5) is 0 Å². The van der Waals surface area contributed by atoms with Crippen molar-refractivity contribution in [1.82, 2.24) is 4.98 Å². The van der Waals surface area contributed by atoms with Crippen LogP contribution < -0.4 is 0 Å². The number of benzene rings is 2. The third-order valence-electron chi connectivity index (χ3n) is 5.44. The number of nitrogens with zero attached hydrogens (tertiary/aromatic N) is 1. The molecule has 0 aliphatic carbocycles. The summed E-state index contributed by atoms with van der Waals surface area (Å²) in [5.74, 6) is 0. The molecule has 3 aromatic rings. The average molecular weight is 613 g/mol. The Hall–Kier alpha value is -1.58. The first-order valence-corrected chi connectivity index (χ1v) is 11.0. The van der Waals surface area contributed by atoms with Crippen LogP contribution in [0, 0.1) is 46.1 Å². The van der Waals surface area contributed by atoms with Gasteiger partial charge in [-0.05, 0) is 62.4 Å². The van der Waals surface area contributed by atoms with Gasteiger partial charge in [-0.3, -0.25) is 4.98 Å². The fourth-order valence-corrected chi connectivity index (χ4v) is 3.70. The molecule has 2 N–H and O–H groups in total. The Morgan fingerprint density at radius 2 is 1.47 bits per heavy atom. The van der Waals surface area contributed by atoms with E-state index in [0.29, 0.717) is 6.42 Å². The Morgan fingerprint density at radius 1 is 0.875 bits per heavy atom. The summed E-state index contributed by atoms with van der Waals surface area (Å²) in [6.07, 6.45) is -0.356. The number of aliphatic hydroxyl groups is 2. The predicted molar refractivity (Wildman–Crippen MR) is 131 cm³/mol. The first-order valence-electron chi connectivity index (χ1n) is 11.0.